The number of morpholine rings is 1. The van der Waals surface area contributed by atoms with Crippen molar-refractivity contribution in [2.45, 2.75) is 12.5 Å². The van der Waals surface area contributed by atoms with Crippen LogP contribution in [0.5, 0.6) is 0 Å². The smallest absolute Gasteiger partial charge is 0.321 e. The topological polar surface area (TPSA) is 49.8 Å². The Morgan fingerprint density at radius 3 is 2.53 bits per heavy atom. The van der Waals surface area contributed by atoms with Crippen molar-refractivity contribution in [1.29, 1.82) is 0 Å². The lowest BCUT2D eigenvalue weighted by Gasteiger charge is -2.31. The fourth-order valence-corrected chi connectivity index (χ4v) is 2.10. The van der Waals surface area contributed by atoms with E-state index in [1.54, 1.807) is 0 Å². The molecule has 0 aromatic heterocycles. The molecule has 92 valence electrons. The number of ether oxygens (including phenoxy) is 1. The van der Waals surface area contributed by atoms with E-state index < -0.39 is 12.0 Å². The minimum atomic E-state index is -0.754. The molecule has 1 heterocycles. The Hall–Kier alpha value is -1.39. The normalized spacial score (nSPS) is 18.8. The Morgan fingerprint density at radius 1 is 1.29 bits per heavy atom. The summed E-state index contributed by atoms with van der Waals surface area (Å²) in [5, 5.41) is 9.30. The fraction of sp³-hybridized carbons (Fsp3) is 0.462. The maximum absolute atomic E-state index is 11.3. The Labute approximate surface area is 101 Å². The second-order valence-corrected chi connectivity index (χ2v) is 4.19. The summed E-state index contributed by atoms with van der Waals surface area (Å²) in [5.74, 6) is -0.754. The maximum atomic E-state index is 11.3. The zero-order valence-corrected chi connectivity index (χ0v) is 9.71. The van der Waals surface area contributed by atoms with Crippen molar-refractivity contribution in [2.75, 3.05) is 26.3 Å². The van der Waals surface area contributed by atoms with Crippen LogP contribution in [-0.2, 0) is 16.0 Å². The van der Waals surface area contributed by atoms with Gasteiger partial charge in [-0.05, 0) is 12.0 Å². The first-order valence-electron chi connectivity index (χ1n) is 5.86. The summed E-state index contributed by atoms with van der Waals surface area (Å²) in [5.41, 5.74) is 1.06. The molecule has 1 atom stereocenters. The molecule has 1 N–H and O–H groups in total. The van der Waals surface area contributed by atoms with Crippen LogP contribution in [0, 0.1) is 0 Å². The van der Waals surface area contributed by atoms with Gasteiger partial charge in [-0.1, -0.05) is 30.3 Å². The van der Waals surface area contributed by atoms with Crippen LogP contribution in [0.1, 0.15) is 5.56 Å². The number of benzene rings is 1. The lowest BCUT2D eigenvalue weighted by Crippen LogP contribution is -2.48. The molecular formula is C13H17NO3. The van der Waals surface area contributed by atoms with E-state index in [0.717, 1.165) is 5.56 Å². The van der Waals surface area contributed by atoms with Crippen LogP contribution in [0.25, 0.3) is 0 Å². The van der Waals surface area contributed by atoms with E-state index in [2.05, 4.69) is 0 Å². The molecule has 0 saturated carbocycles. The molecule has 1 aromatic rings. The zero-order valence-electron chi connectivity index (χ0n) is 9.71. The van der Waals surface area contributed by atoms with Gasteiger partial charge in [0.15, 0.2) is 0 Å². The molecule has 0 bridgehead atoms. The summed E-state index contributed by atoms with van der Waals surface area (Å²) in [4.78, 5) is 13.3. The quantitative estimate of drug-likeness (QED) is 0.846. The molecule has 2 rings (SSSR count). The Balaban J connectivity index is 2.04. The average molecular weight is 235 g/mol. The van der Waals surface area contributed by atoms with E-state index in [0.29, 0.717) is 32.7 Å². The molecule has 0 unspecified atom stereocenters. The van der Waals surface area contributed by atoms with Crippen molar-refractivity contribution in [3.05, 3.63) is 35.9 Å². The third kappa shape index (κ3) is 3.28. The van der Waals surface area contributed by atoms with Crippen LogP contribution in [-0.4, -0.2) is 48.3 Å². The van der Waals surface area contributed by atoms with E-state index in [1.165, 1.54) is 0 Å². The first-order valence-corrected chi connectivity index (χ1v) is 5.86. The van der Waals surface area contributed by atoms with Crippen molar-refractivity contribution in [1.82, 2.24) is 4.90 Å². The predicted octanol–water partition coefficient (Wildman–Crippen LogP) is 1.01. The lowest BCUT2D eigenvalue weighted by molar-refractivity contribution is -0.145. The molecule has 0 aliphatic carbocycles. The van der Waals surface area contributed by atoms with E-state index >= 15 is 0 Å². The summed E-state index contributed by atoms with van der Waals surface area (Å²) in [6.07, 6.45) is 0.552. The Bertz CT molecular complexity index is 360. The van der Waals surface area contributed by atoms with Gasteiger partial charge in [0.25, 0.3) is 0 Å². The first kappa shape index (κ1) is 12.1. The molecule has 0 amide bonds. The maximum Gasteiger partial charge on any atom is 0.321 e. The van der Waals surface area contributed by atoms with Crippen molar-refractivity contribution in [3.8, 4) is 0 Å². The summed E-state index contributed by atoms with van der Waals surface area (Å²) in [7, 11) is 0. The molecule has 0 spiro atoms. The highest BCUT2D eigenvalue weighted by molar-refractivity contribution is 5.74. The number of nitrogens with zero attached hydrogens (tertiary/aromatic N) is 1. The largest absolute Gasteiger partial charge is 0.480 e. The number of carboxylic acid groups (broad SMARTS) is 1. The van der Waals surface area contributed by atoms with Gasteiger partial charge in [-0.25, -0.2) is 0 Å². The van der Waals surface area contributed by atoms with Crippen molar-refractivity contribution < 1.29 is 14.6 Å². The molecule has 1 aliphatic rings. The van der Waals surface area contributed by atoms with Gasteiger partial charge < -0.3 is 9.84 Å². The highest BCUT2D eigenvalue weighted by Crippen LogP contribution is 2.11. The molecule has 1 aromatic carbocycles. The van der Waals surface area contributed by atoms with Crippen molar-refractivity contribution >= 4 is 5.97 Å². The highest BCUT2D eigenvalue weighted by atomic mass is 16.5. The van der Waals surface area contributed by atoms with Crippen LogP contribution in [0.4, 0.5) is 0 Å². The van der Waals surface area contributed by atoms with Gasteiger partial charge >= 0.3 is 5.97 Å². The summed E-state index contributed by atoms with van der Waals surface area (Å²) >= 11 is 0. The lowest BCUT2D eigenvalue weighted by atomic mass is 10.0. The van der Waals surface area contributed by atoms with Gasteiger partial charge in [0, 0.05) is 13.1 Å². The molecule has 4 nitrogen and oxygen atoms in total. The highest BCUT2D eigenvalue weighted by Gasteiger charge is 2.26. The minimum Gasteiger partial charge on any atom is -0.480 e. The third-order valence-electron chi connectivity index (χ3n) is 3.04. The number of hydrogen-bond acceptors (Lipinski definition) is 3. The molecule has 0 radical (unpaired) electrons. The van der Waals surface area contributed by atoms with Crippen LogP contribution in [0.15, 0.2) is 30.3 Å². The molecule has 1 saturated heterocycles. The molecule has 17 heavy (non-hydrogen) atoms. The fourth-order valence-electron chi connectivity index (χ4n) is 2.10. The van der Waals surface area contributed by atoms with Gasteiger partial charge in [0.1, 0.15) is 6.04 Å². The van der Waals surface area contributed by atoms with Gasteiger partial charge in [0.05, 0.1) is 13.2 Å². The second kappa shape index (κ2) is 5.80. The third-order valence-corrected chi connectivity index (χ3v) is 3.04. The standard InChI is InChI=1S/C13H17NO3/c15-13(16)12(14-6-8-17-9-7-14)10-11-4-2-1-3-5-11/h1-5,12H,6-10H2,(H,15,16)/t12-/m1/s1. The zero-order chi connectivity index (χ0) is 12.1. The molecule has 1 aliphatic heterocycles. The summed E-state index contributed by atoms with van der Waals surface area (Å²) in [6, 6.07) is 9.31. The van der Waals surface area contributed by atoms with Gasteiger partial charge in [-0.15, -0.1) is 0 Å². The predicted molar refractivity (Wildman–Crippen MR) is 64.0 cm³/mol. The number of aliphatic carboxylic acids is 1. The van der Waals surface area contributed by atoms with E-state index in [-0.39, 0.29) is 0 Å². The van der Waals surface area contributed by atoms with Crippen molar-refractivity contribution in [3.63, 3.8) is 0 Å². The SMILES string of the molecule is O=C(O)[C@@H](Cc1ccccc1)N1CCOCC1. The van der Waals surface area contributed by atoms with Crippen LogP contribution < -0.4 is 0 Å². The van der Waals surface area contributed by atoms with Crippen LogP contribution >= 0.6 is 0 Å². The van der Waals surface area contributed by atoms with Gasteiger partial charge in [-0.3, -0.25) is 9.69 Å². The Morgan fingerprint density at radius 2 is 1.94 bits per heavy atom. The summed E-state index contributed by atoms with van der Waals surface area (Å²) < 4.78 is 5.25. The van der Waals surface area contributed by atoms with E-state index in [1.807, 2.05) is 35.2 Å². The number of rotatable bonds is 4. The number of carbonyl (C=O) groups is 1. The summed E-state index contributed by atoms with van der Waals surface area (Å²) in [6.45, 7) is 2.64. The molecule has 1 fully saturated rings. The van der Waals surface area contributed by atoms with Crippen molar-refractivity contribution in [2.24, 2.45) is 0 Å². The van der Waals surface area contributed by atoms with E-state index in [9.17, 15) is 9.90 Å². The molecule has 4 heteroatoms. The minimum absolute atomic E-state index is 0.443. The second-order valence-electron chi connectivity index (χ2n) is 4.19. The number of hydrogen-bond donors (Lipinski definition) is 1. The Kier molecular flexibility index (Phi) is 4.12. The first-order chi connectivity index (χ1) is 8.27. The van der Waals surface area contributed by atoms with Crippen LogP contribution in [0.2, 0.25) is 0 Å². The molecular weight excluding hydrogens is 218 g/mol. The average Bonchev–Trinajstić information content (AvgIpc) is 2.38. The van der Waals surface area contributed by atoms with Gasteiger partial charge in [0.2, 0.25) is 0 Å². The van der Waals surface area contributed by atoms with E-state index in [4.69, 9.17) is 4.74 Å². The monoisotopic (exact) mass is 235 g/mol. The van der Waals surface area contributed by atoms with Crippen LogP contribution in [0.3, 0.4) is 0 Å². The van der Waals surface area contributed by atoms with Gasteiger partial charge in [-0.2, -0.15) is 0 Å². The number of carboxylic acids is 1.